The summed E-state index contributed by atoms with van der Waals surface area (Å²) in [4.78, 5) is 10.3. The highest BCUT2D eigenvalue weighted by Gasteiger charge is 2.35. The highest BCUT2D eigenvalue weighted by molar-refractivity contribution is 7.91. The normalized spacial score (nSPS) is 11.2. The molecule has 2 N–H and O–H groups in total. The lowest BCUT2D eigenvalue weighted by Gasteiger charge is -2.04. The Hall–Kier alpha value is -2.70. The molecule has 130 valence electrons. The number of aromatic nitrogens is 2. The zero-order valence-corrected chi connectivity index (χ0v) is 12.9. The average molecular weight is 359 g/mol. The van der Waals surface area contributed by atoms with Gasteiger partial charge in [-0.05, 0) is 17.0 Å². The highest BCUT2D eigenvalue weighted by atomic mass is 32.2. The van der Waals surface area contributed by atoms with Gasteiger partial charge in [0.1, 0.15) is 13.2 Å². The van der Waals surface area contributed by atoms with E-state index in [0.717, 1.165) is 0 Å². The Morgan fingerprint density at radius 1 is 1.33 bits per heavy atom. The van der Waals surface area contributed by atoms with Crippen LogP contribution in [-0.4, -0.2) is 44.5 Å². The Bertz CT molecular complexity index is 790. The Kier molecular flexibility index (Phi) is 5.68. The van der Waals surface area contributed by atoms with Gasteiger partial charge in [-0.3, -0.25) is 14.6 Å². The van der Waals surface area contributed by atoms with E-state index in [-0.39, 0.29) is 23.0 Å². The molecule has 24 heavy (non-hydrogen) atoms. The highest BCUT2D eigenvalue weighted by Crippen LogP contribution is 2.24. The molecular weight excluding hydrogens is 346 g/mol. The molecule has 2 aromatic rings. The van der Waals surface area contributed by atoms with Crippen LogP contribution in [0.2, 0.25) is 0 Å². The number of carbonyl (C=O) groups is 1. The zero-order chi connectivity index (χ0) is 17.6. The van der Waals surface area contributed by atoms with Crippen LogP contribution in [0, 0.1) is 5.21 Å². The number of sulfone groups is 1. The third-order valence-electron chi connectivity index (χ3n) is 2.68. The fourth-order valence-corrected chi connectivity index (χ4v) is 2.93. The molecule has 12 heteroatoms. The van der Waals surface area contributed by atoms with Crippen LogP contribution in [0.25, 0.3) is 0 Å². The fourth-order valence-electron chi connectivity index (χ4n) is 1.64. The minimum atomic E-state index is -4.19. The lowest BCUT2D eigenvalue weighted by atomic mass is 10.4. The summed E-state index contributed by atoms with van der Waals surface area (Å²) < 4.78 is 39.1. The van der Waals surface area contributed by atoms with Gasteiger partial charge >= 0.3 is 10.9 Å². The van der Waals surface area contributed by atoms with E-state index >= 15 is 0 Å². The van der Waals surface area contributed by atoms with Crippen molar-refractivity contribution in [2.45, 2.75) is 9.92 Å². The van der Waals surface area contributed by atoms with Crippen molar-refractivity contribution in [1.82, 2.24) is 10.6 Å². The van der Waals surface area contributed by atoms with Gasteiger partial charge in [-0.15, -0.1) is 0 Å². The summed E-state index contributed by atoms with van der Waals surface area (Å²) >= 11 is 0. The van der Waals surface area contributed by atoms with Crippen LogP contribution < -0.4 is 15.1 Å². The summed E-state index contributed by atoms with van der Waals surface area (Å²) in [6, 6.07) is 7.23. The van der Waals surface area contributed by atoms with Crippen molar-refractivity contribution < 1.29 is 37.4 Å². The van der Waals surface area contributed by atoms with Crippen molar-refractivity contribution in [3.63, 3.8) is 0 Å². The standard InChI is InChI=1S/C12H13N3O8S/c16-10(13-17)8-21-6-7-22-11-12(15(18)23-14-11)24(19,20)9-4-2-1-3-5-9/h1-5,17H,6-8H2,(H,13,16). The van der Waals surface area contributed by atoms with Gasteiger partial charge in [-0.1, -0.05) is 18.2 Å². The van der Waals surface area contributed by atoms with E-state index in [1.807, 2.05) is 0 Å². The van der Waals surface area contributed by atoms with Crippen molar-refractivity contribution >= 4 is 15.7 Å². The molecule has 1 heterocycles. The van der Waals surface area contributed by atoms with Gasteiger partial charge in [-0.2, -0.15) is 0 Å². The number of amides is 1. The van der Waals surface area contributed by atoms with Gasteiger partial charge in [0.2, 0.25) is 0 Å². The lowest BCUT2D eigenvalue weighted by Crippen LogP contribution is -2.31. The maximum Gasteiger partial charge on any atom is 0.415 e. The van der Waals surface area contributed by atoms with Gasteiger partial charge in [0.15, 0.2) is 0 Å². The molecule has 0 aliphatic heterocycles. The molecule has 0 unspecified atom stereocenters. The monoisotopic (exact) mass is 359 g/mol. The van der Waals surface area contributed by atoms with Gasteiger partial charge < -0.3 is 14.7 Å². The summed E-state index contributed by atoms with van der Waals surface area (Å²) in [5.41, 5.74) is 1.37. The Labute approximate surface area is 135 Å². The van der Waals surface area contributed by atoms with E-state index in [1.165, 1.54) is 29.7 Å². The first-order valence-electron chi connectivity index (χ1n) is 6.50. The molecule has 1 aromatic carbocycles. The minimum Gasteiger partial charge on any atom is -0.452 e. The molecule has 0 bridgehead atoms. The van der Waals surface area contributed by atoms with E-state index in [4.69, 9.17) is 14.7 Å². The molecule has 1 aromatic heterocycles. The molecule has 0 fully saturated rings. The van der Waals surface area contributed by atoms with Crippen LogP contribution >= 0.6 is 0 Å². The topological polar surface area (TPSA) is 155 Å². The van der Waals surface area contributed by atoms with Crippen molar-refractivity contribution in [2.75, 3.05) is 19.8 Å². The fraction of sp³-hybridized carbons (Fsp3) is 0.250. The number of hydrogen-bond acceptors (Lipinski definition) is 9. The zero-order valence-electron chi connectivity index (χ0n) is 12.1. The average Bonchev–Trinajstić information content (AvgIpc) is 2.96. The van der Waals surface area contributed by atoms with E-state index in [0.29, 0.717) is 0 Å². The van der Waals surface area contributed by atoms with Crippen LogP contribution in [0.4, 0.5) is 0 Å². The number of ether oxygens (including phenoxy) is 2. The molecule has 0 saturated carbocycles. The van der Waals surface area contributed by atoms with Crippen LogP contribution in [0.15, 0.2) is 44.9 Å². The number of benzene rings is 1. The number of hydroxylamine groups is 1. The third kappa shape index (κ3) is 3.98. The second-order valence-corrected chi connectivity index (χ2v) is 6.16. The summed E-state index contributed by atoms with van der Waals surface area (Å²) in [5, 5.41) is 22.3. The summed E-state index contributed by atoms with van der Waals surface area (Å²) in [7, 11) is -4.19. The molecular formula is C12H13N3O8S. The van der Waals surface area contributed by atoms with Crippen LogP contribution in [0.3, 0.4) is 0 Å². The number of carbonyl (C=O) groups excluding carboxylic acids is 1. The van der Waals surface area contributed by atoms with Crippen LogP contribution in [0.5, 0.6) is 5.88 Å². The molecule has 11 nitrogen and oxygen atoms in total. The molecule has 0 aliphatic carbocycles. The molecule has 0 atom stereocenters. The summed E-state index contributed by atoms with van der Waals surface area (Å²) in [6.45, 7) is -0.748. The molecule has 0 saturated heterocycles. The Morgan fingerprint density at radius 2 is 2.04 bits per heavy atom. The van der Waals surface area contributed by atoms with Crippen molar-refractivity contribution in [2.24, 2.45) is 0 Å². The maximum atomic E-state index is 12.4. The molecule has 0 radical (unpaired) electrons. The van der Waals surface area contributed by atoms with E-state index < -0.39 is 33.3 Å². The second kappa shape index (κ2) is 7.72. The van der Waals surface area contributed by atoms with Gasteiger partial charge in [0, 0.05) is 0 Å². The SMILES string of the molecule is O=C(COCCOc1no[n+]([O-])c1S(=O)(=O)c1ccccc1)NO. The predicted molar refractivity (Wildman–Crippen MR) is 73.6 cm³/mol. The number of hydrogen-bond donors (Lipinski definition) is 2. The van der Waals surface area contributed by atoms with E-state index in [2.05, 4.69) is 9.79 Å². The largest absolute Gasteiger partial charge is 0.452 e. The molecule has 2 rings (SSSR count). The Morgan fingerprint density at radius 3 is 2.71 bits per heavy atom. The number of rotatable bonds is 8. The third-order valence-corrected chi connectivity index (χ3v) is 4.40. The first kappa shape index (κ1) is 17.7. The second-order valence-electron chi connectivity index (χ2n) is 4.29. The molecule has 0 aliphatic rings. The molecule has 1 amide bonds. The first-order chi connectivity index (χ1) is 11.5. The lowest BCUT2D eigenvalue weighted by molar-refractivity contribution is -0.832. The number of nitrogens with zero attached hydrogens (tertiary/aromatic N) is 2. The number of nitrogens with one attached hydrogen (secondary N) is 1. The van der Waals surface area contributed by atoms with Gasteiger partial charge in [0.25, 0.3) is 15.7 Å². The van der Waals surface area contributed by atoms with Crippen molar-refractivity contribution in [1.29, 1.82) is 0 Å². The van der Waals surface area contributed by atoms with Gasteiger partial charge in [0.05, 0.1) is 16.7 Å². The summed E-state index contributed by atoms with van der Waals surface area (Å²) in [5.74, 6) is -1.29. The van der Waals surface area contributed by atoms with Gasteiger partial charge in [-0.25, -0.2) is 13.9 Å². The van der Waals surface area contributed by atoms with Crippen LogP contribution in [-0.2, 0) is 19.4 Å². The Balaban J connectivity index is 2.08. The quantitative estimate of drug-likeness (QED) is 0.262. The van der Waals surface area contributed by atoms with Crippen LogP contribution in [0.1, 0.15) is 0 Å². The summed E-state index contributed by atoms with van der Waals surface area (Å²) in [6.07, 6.45) is 0. The van der Waals surface area contributed by atoms with E-state index in [9.17, 15) is 18.4 Å². The smallest absolute Gasteiger partial charge is 0.415 e. The maximum absolute atomic E-state index is 12.4. The van der Waals surface area contributed by atoms with E-state index in [1.54, 1.807) is 6.07 Å². The minimum absolute atomic E-state index is 0.121. The van der Waals surface area contributed by atoms with Crippen molar-refractivity contribution in [3.8, 4) is 5.88 Å². The predicted octanol–water partition coefficient (Wildman–Crippen LogP) is -0.958. The molecule has 0 spiro atoms. The van der Waals surface area contributed by atoms with Crippen molar-refractivity contribution in [3.05, 3.63) is 35.5 Å². The first-order valence-corrected chi connectivity index (χ1v) is 7.98.